The Morgan fingerprint density at radius 2 is 1.71 bits per heavy atom. The zero-order chi connectivity index (χ0) is 17.9. The molecule has 0 saturated carbocycles. The largest absolute Gasteiger partial charge is 0.469 e. The average Bonchev–Trinajstić information content (AvgIpc) is 2.60. The molecule has 0 spiro atoms. The van der Waals surface area contributed by atoms with Crippen LogP contribution in [0.3, 0.4) is 0 Å². The van der Waals surface area contributed by atoms with Crippen molar-refractivity contribution in [2.45, 2.75) is 33.6 Å². The fourth-order valence-corrected chi connectivity index (χ4v) is 2.65. The second-order valence-electron chi connectivity index (χ2n) is 5.81. The molecule has 1 amide bonds. The van der Waals surface area contributed by atoms with Gasteiger partial charge in [-0.2, -0.15) is 0 Å². The van der Waals surface area contributed by atoms with Gasteiger partial charge in [0.05, 0.1) is 13.5 Å². The SMILES string of the molecule is CCN(CC)CCCN(CCC(=O)OC)C(=O)c1ccccc1C. The van der Waals surface area contributed by atoms with Crippen LogP contribution in [0.1, 0.15) is 42.6 Å². The zero-order valence-electron chi connectivity index (χ0n) is 15.4. The lowest BCUT2D eigenvalue weighted by Gasteiger charge is -2.25. The topological polar surface area (TPSA) is 49.9 Å². The highest BCUT2D eigenvalue weighted by molar-refractivity contribution is 5.95. The second-order valence-corrected chi connectivity index (χ2v) is 5.81. The van der Waals surface area contributed by atoms with E-state index in [4.69, 9.17) is 4.74 Å². The van der Waals surface area contributed by atoms with Crippen LogP contribution in [0.5, 0.6) is 0 Å². The lowest BCUT2D eigenvalue weighted by molar-refractivity contribution is -0.140. The van der Waals surface area contributed by atoms with Crippen LogP contribution in [0.15, 0.2) is 24.3 Å². The van der Waals surface area contributed by atoms with Crippen molar-refractivity contribution in [3.8, 4) is 0 Å². The van der Waals surface area contributed by atoms with Crippen molar-refractivity contribution < 1.29 is 14.3 Å². The van der Waals surface area contributed by atoms with Crippen LogP contribution in [-0.4, -0.2) is 61.5 Å². The zero-order valence-corrected chi connectivity index (χ0v) is 15.4. The molecule has 1 aromatic carbocycles. The highest BCUT2D eigenvalue weighted by Crippen LogP contribution is 2.12. The maximum Gasteiger partial charge on any atom is 0.307 e. The van der Waals surface area contributed by atoms with Crippen molar-refractivity contribution in [2.24, 2.45) is 0 Å². The molecule has 0 aliphatic heterocycles. The van der Waals surface area contributed by atoms with Crippen LogP contribution in [0.25, 0.3) is 0 Å². The van der Waals surface area contributed by atoms with Gasteiger partial charge in [0.25, 0.3) is 5.91 Å². The molecule has 1 rings (SSSR count). The monoisotopic (exact) mass is 334 g/mol. The highest BCUT2D eigenvalue weighted by Gasteiger charge is 2.18. The van der Waals surface area contributed by atoms with Gasteiger partial charge in [0, 0.05) is 18.7 Å². The summed E-state index contributed by atoms with van der Waals surface area (Å²) in [5.41, 5.74) is 1.65. The molecule has 0 aliphatic rings. The smallest absolute Gasteiger partial charge is 0.307 e. The third kappa shape index (κ3) is 6.32. The number of carbonyl (C=O) groups excluding carboxylic acids is 2. The van der Waals surface area contributed by atoms with Gasteiger partial charge in [-0.3, -0.25) is 9.59 Å². The number of nitrogens with zero attached hydrogens (tertiary/aromatic N) is 2. The molecule has 24 heavy (non-hydrogen) atoms. The maximum absolute atomic E-state index is 12.8. The summed E-state index contributed by atoms with van der Waals surface area (Å²) in [6.07, 6.45) is 1.11. The fourth-order valence-electron chi connectivity index (χ4n) is 2.65. The Bertz CT molecular complexity index is 527. The van der Waals surface area contributed by atoms with E-state index in [2.05, 4.69) is 18.7 Å². The highest BCUT2D eigenvalue weighted by atomic mass is 16.5. The van der Waals surface area contributed by atoms with E-state index >= 15 is 0 Å². The molecule has 5 nitrogen and oxygen atoms in total. The molecule has 0 atom stereocenters. The van der Waals surface area contributed by atoms with Crippen molar-refractivity contribution in [2.75, 3.05) is 39.8 Å². The van der Waals surface area contributed by atoms with Crippen molar-refractivity contribution in [1.82, 2.24) is 9.80 Å². The summed E-state index contributed by atoms with van der Waals surface area (Å²) in [5.74, 6) is -0.308. The molecule has 0 heterocycles. The number of aryl methyl sites for hydroxylation is 1. The first-order valence-corrected chi connectivity index (χ1v) is 8.67. The maximum atomic E-state index is 12.8. The van der Waals surface area contributed by atoms with Crippen molar-refractivity contribution in [3.05, 3.63) is 35.4 Å². The standard InChI is InChI=1S/C19H30N2O3/c1-5-20(6-2)13-9-14-21(15-12-18(22)24-4)19(23)17-11-8-7-10-16(17)3/h7-8,10-11H,5-6,9,12-15H2,1-4H3. The summed E-state index contributed by atoms with van der Waals surface area (Å²) >= 11 is 0. The van der Waals surface area contributed by atoms with Crippen molar-refractivity contribution in [3.63, 3.8) is 0 Å². The number of esters is 1. The number of methoxy groups -OCH3 is 1. The number of carbonyl (C=O) groups is 2. The minimum atomic E-state index is -0.290. The van der Waals surface area contributed by atoms with Gasteiger partial charge >= 0.3 is 5.97 Å². The third-order valence-electron chi connectivity index (χ3n) is 4.27. The number of hydrogen-bond acceptors (Lipinski definition) is 4. The van der Waals surface area contributed by atoms with E-state index in [1.165, 1.54) is 7.11 Å². The molecule has 0 aromatic heterocycles. The molecule has 0 saturated heterocycles. The van der Waals surface area contributed by atoms with E-state index in [0.29, 0.717) is 18.7 Å². The third-order valence-corrected chi connectivity index (χ3v) is 4.27. The number of benzene rings is 1. The lowest BCUT2D eigenvalue weighted by atomic mass is 10.1. The average molecular weight is 334 g/mol. The Morgan fingerprint density at radius 3 is 2.29 bits per heavy atom. The summed E-state index contributed by atoms with van der Waals surface area (Å²) in [7, 11) is 1.37. The molecule has 0 bridgehead atoms. The first kappa shape index (κ1) is 20.2. The quantitative estimate of drug-likeness (QED) is 0.617. The van der Waals surface area contributed by atoms with Gasteiger partial charge in [-0.1, -0.05) is 32.0 Å². The van der Waals surface area contributed by atoms with E-state index in [0.717, 1.165) is 31.6 Å². The van der Waals surface area contributed by atoms with Crippen molar-refractivity contribution >= 4 is 11.9 Å². The number of ether oxygens (including phenoxy) is 1. The van der Waals surface area contributed by atoms with Crippen LogP contribution in [0.2, 0.25) is 0 Å². The van der Waals surface area contributed by atoms with E-state index < -0.39 is 0 Å². The first-order chi connectivity index (χ1) is 11.5. The lowest BCUT2D eigenvalue weighted by Crippen LogP contribution is -2.36. The Hall–Kier alpha value is -1.88. The van der Waals surface area contributed by atoms with Gasteiger partial charge in [-0.05, 0) is 44.6 Å². The van der Waals surface area contributed by atoms with Crippen LogP contribution in [-0.2, 0) is 9.53 Å². The Morgan fingerprint density at radius 1 is 1.04 bits per heavy atom. The van der Waals surface area contributed by atoms with Crippen LogP contribution in [0.4, 0.5) is 0 Å². The summed E-state index contributed by atoms with van der Waals surface area (Å²) < 4.78 is 4.70. The van der Waals surface area contributed by atoms with Gasteiger partial charge in [-0.15, -0.1) is 0 Å². The van der Waals surface area contributed by atoms with E-state index in [1.807, 2.05) is 31.2 Å². The van der Waals surface area contributed by atoms with Gasteiger partial charge in [0.2, 0.25) is 0 Å². The van der Waals surface area contributed by atoms with E-state index in [-0.39, 0.29) is 18.3 Å². The van der Waals surface area contributed by atoms with E-state index in [1.54, 1.807) is 4.90 Å². The summed E-state index contributed by atoms with van der Waals surface area (Å²) in [6, 6.07) is 7.56. The van der Waals surface area contributed by atoms with Crippen LogP contribution in [0, 0.1) is 6.92 Å². The molecule has 0 radical (unpaired) electrons. The summed E-state index contributed by atoms with van der Waals surface area (Å²) in [4.78, 5) is 28.4. The van der Waals surface area contributed by atoms with Gasteiger partial charge in [0.15, 0.2) is 0 Å². The molecular weight excluding hydrogens is 304 g/mol. The molecule has 0 unspecified atom stereocenters. The molecule has 0 fully saturated rings. The fraction of sp³-hybridized carbons (Fsp3) is 0.579. The number of amides is 1. The van der Waals surface area contributed by atoms with Crippen molar-refractivity contribution in [1.29, 1.82) is 0 Å². The molecule has 1 aromatic rings. The second kappa shape index (κ2) is 10.8. The van der Waals surface area contributed by atoms with Gasteiger partial charge in [-0.25, -0.2) is 0 Å². The normalized spacial score (nSPS) is 10.7. The van der Waals surface area contributed by atoms with Gasteiger partial charge < -0.3 is 14.5 Å². The van der Waals surface area contributed by atoms with Gasteiger partial charge in [0.1, 0.15) is 0 Å². The minimum Gasteiger partial charge on any atom is -0.469 e. The Balaban J connectivity index is 2.75. The summed E-state index contributed by atoms with van der Waals surface area (Å²) in [6.45, 7) is 10.2. The predicted molar refractivity (Wildman–Crippen MR) is 96.1 cm³/mol. The Kier molecular flexibility index (Phi) is 9.08. The minimum absolute atomic E-state index is 0.0171. The van der Waals surface area contributed by atoms with Crippen LogP contribution < -0.4 is 0 Å². The predicted octanol–water partition coefficient (Wildman–Crippen LogP) is 2.73. The molecule has 134 valence electrons. The number of rotatable bonds is 10. The Labute approximate surface area is 145 Å². The molecule has 0 aliphatic carbocycles. The molecular formula is C19H30N2O3. The summed E-state index contributed by atoms with van der Waals surface area (Å²) in [5, 5.41) is 0. The number of hydrogen-bond donors (Lipinski definition) is 0. The first-order valence-electron chi connectivity index (χ1n) is 8.67. The van der Waals surface area contributed by atoms with E-state index in [9.17, 15) is 9.59 Å². The molecule has 0 N–H and O–H groups in total. The van der Waals surface area contributed by atoms with Crippen LogP contribution >= 0.6 is 0 Å². The molecule has 5 heteroatoms.